The number of sulfonamides is 1. The molecule has 1 heterocycles. The van der Waals surface area contributed by atoms with Crippen molar-refractivity contribution in [1.29, 1.82) is 0 Å². The predicted molar refractivity (Wildman–Crippen MR) is 105 cm³/mol. The molecule has 0 aromatic heterocycles. The second kappa shape index (κ2) is 7.58. The molecule has 0 unspecified atom stereocenters. The topological polar surface area (TPSA) is 104 Å². The van der Waals surface area contributed by atoms with E-state index in [-0.39, 0.29) is 10.5 Å². The quantitative estimate of drug-likeness (QED) is 0.815. The Balaban J connectivity index is 2.28. The molecule has 2 aromatic carbocycles. The van der Waals surface area contributed by atoms with Crippen LogP contribution in [-0.2, 0) is 10.0 Å². The summed E-state index contributed by atoms with van der Waals surface area (Å²) in [4.78, 5) is 15.2. The molecule has 27 heavy (non-hydrogen) atoms. The average molecular weight is 389 g/mol. The number of piperidine rings is 1. The number of hydrogen-bond acceptors (Lipinski definition) is 5. The van der Waals surface area contributed by atoms with Crippen LogP contribution in [0.15, 0.2) is 47.4 Å². The van der Waals surface area contributed by atoms with E-state index in [1.807, 2.05) is 35.2 Å². The van der Waals surface area contributed by atoms with Crippen LogP contribution in [0, 0.1) is 0 Å². The zero-order valence-electron chi connectivity index (χ0n) is 15.1. The molecule has 0 radical (unpaired) electrons. The number of carbonyl (C=O) groups is 1. The average Bonchev–Trinajstić information content (AvgIpc) is 2.67. The van der Waals surface area contributed by atoms with E-state index < -0.39 is 16.0 Å². The highest BCUT2D eigenvalue weighted by atomic mass is 32.2. The number of anilines is 3. The van der Waals surface area contributed by atoms with Crippen LogP contribution in [0.2, 0.25) is 0 Å². The second-order valence-corrected chi connectivity index (χ2v) is 8.16. The Morgan fingerprint density at radius 3 is 2.30 bits per heavy atom. The van der Waals surface area contributed by atoms with Crippen molar-refractivity contribution in [1.82, 2.24) is 0 Å². The monoisotopic (exact) mass is 389 g/mol. The van der Waals surface area contributed by atoms with Crippen molar-refractivity contribution in [2.75, 3.05) is 29.9 Å². The third-order valence-corrected chi connectivity index (χ3v) is 5.71. The smallest absolute Gasteiger partial charge is 0.335 e. The highest BCUT2D eigenvalue weighted by Gasteiger charge is 2.27. The molecule has 0 spiro atoms. The Morgan fingerprint density at radius 2 is 1.74 bits per heavy atom. The highest BCUT2D eigenvalue weighted by Crippen LogP contribution is 2.40. The zero-order chi connectivity index (χ0) is 19.6. The molecule has 3 rings (SSSR count). The molecule has 1 aliphatic rings. The first-order valence-electron chi connectivity index (χ1n) is 8.77. The minimum Gasteiger partial charge on any atom is -0.478 e. The first-order valence-corrected chi connectivity index (χ1v) is 10.3. The maximum atomic E-state index is 12.3. The van der Waals surface area contributed by atoms with Gasteiger partial charge in [-0.3, -0.25) is 0 Å². The van der Waals surface area contributed by atoms with Crippen molar-refractivity contribution in [3.8, 4) is 0 Å². The number of carboxylic acid groups (broad SMARTS) is 1. The molecule has 2 aromatic rings. The maximum Gasteiger partial charge on any atom is 0.335 e. The maximum absolute atomic E-state index is 12.3. The third kappa shape index (κ3) is 4.06. The van der Waals surface area contributed by atoms with Crippen LogP contribution in [0.4, 0.5) is 17.1 Å². The lowest BCUT2D eigenvalue weighted by molar-refractivity contribution is 0.0696. The number of aromatic carboxylic acids is 1. The molecular formula is C19H23N3O4S. The Morgan fingerprint density at radius 1 is 1.11 bits per heavy atom. The molecule has 0 aliphatic carbocycles. The van der Waals surface area contributed by atoms with Crippen LogP contribution >= 0.6 is 0 Å². The summed E-state index contributed by atoms with van der Waals surface area (Å²) in [6.45, 7) is 1.48. The lowest BCUT2D eigenvalue weighted by atomic mass is 10.1. The third-order valence-electron chi connectivity index (χ3n) is 4.78. The number of hydrogen-bond donors (Lipinski definition) is 2. The fraction of sp³-hybridized carbons (Fsp3) is 0.316. The van der Waals surface area contributed by atoms with Gasteiger partial charge in [-0.2, -0.15) is 0 Å². The van der Waals surface area contributed by atoms with Crippen molar-refractivity contribution in [2.45, 2.75) is 24.2 Å². The van der Waals surface area contributed by atoms with Crippen molar-refractivity contribution >= 4 is 33.1 Å². The number of para-hydroxylation sites is 1. The van der Waals surface area contributed by atoms with Crippen molar-refractivity contribution in [3.63, 3.8) is 0 Å². The standard InChI is InChI=1S/C19H23N3O4S/c1-21(15-8-4-2-5-9-15)18-16(22-10-6-3-7-11-22)12-14(19(23)24)13-17(18)27(20,25)26/h2,4-5,8-9,12-13H,3,6-7,10-11H2,1H3,(H,23,24)(H2,20,25,26). The van der Waals surface area contributed by atoms with Gasteiger partial charge in [-0.15, -0.1) is 0 Å². The van der Waals surface area contributed by atoms with Crippen LogP contribution in [0.3, 0.4) is 0 Å². The van der Waals surface area contributed by atoms with Gasteiger partial charge in [0.15, 0.2) is 0 Å². The van der Waals surface area contributed by atoms with Gasteiger partial charge in [0.05, 0.1) is 16.9 Å². The van der Waals surface area contributed by atoms with Gasteiger partial charge in [0, 0.05) is 25.8 Å². The molecule has 3 N–H and O–H groups in total. The number of nitrogens with two attached hydrogens (primary N) is 1. The number of nitrogens with zero attached hydrogens (tertiary/aromatic N) is 2. The van der Waals surface area contributed by atoms with Crippen LogP contribution in [0.25, 0.3) is 0 Å². The predicted octanol–water partition coefficient (Wildman–Crippen LogP) is 2.79. The van der Waals surface area contributed by atoms with Gasteiger partial charge in [0.25, 0.3) is 0 Å². The molecule has 0 bridgehead atoms. The molecule has 0 amide bonds. The molecular weight excluding hydrogens is 366 g/mol. The second-order valence-electron chi connectivity index (χ2n) is 6.63. The largest absolute Gasteiger partial charge is 0.478 e. The minimum atomic E-state index is -4.14. The summed E-state index contributed by atoms with van der Waals surface area (Å²) in [5.74, 6) is -1.19. The Labute approximate surface area is 159 Å². The molecule has 1 aliphatic heterocycles. The van der Waals surface area contributed by atoms with E-state index in [4.69, 9.17) is 5.14 Å². The van der Waals surface area contributed by atoms with E-state index in [1.165, 1.54) is 6.07 Å². The van der Waals surface area contributed by atoms with Crippen LogP contribution < -0.4 is 14.9 Å². The molecule has 0 saturated carbocycles. The SMILES string of the molecule is CN(c1ccccc1)c1c(N2CCCCC2)cc(C(=O)O)cc1S(N)(=O)=O. The fourth-order valence-corrected chi connectivity index (χ4v) is 4.23. The van der Waals surface area contributed by atoms with E-state index in [0.717, 1.165) is 44.1 Å². The summed E-state index contributed by atoms with van der Waals surface area (Å²) in [5, 5.41) is 15.0. The van der Waals surface area contributed by atoms with Gasteiger partial charge in [0.1, 0.15) is 4.90 Å². The zero-order valence-corrected chi connectivity index (χ0v) is 15.9. The van der Waals surface area contributed by atoms with E-state index in [9.17, 15) is 18.3 Å². The summed E-state index contributed by atoms with van der Waals surface area (Å²) in [6.07, 6.45) is 3.04. The Kier molecular flexibility index (Phi) is 5.38. The van der Waals surface area contributed by atoms with Gasteiger partial charge in [-0.1, -0.05) is 18.2 Å². The summed E-state index contributed by atoms with van der Waals surface area (Å²) in [5.41, 5.74) is 1.66. The minimum absolute atomic E-state index is 0.0928. The molecule has 1 saturated heterocycles. The van der Waals surface area contributed by atoms with Crippen molar-refractivity contribution in [3.05, 3.63) is 48.0 Å². The summed E-state index contributed by atoms with van der Waals surface area (Å²) >= 11 is 0. The fourth-order valence-electron chi connectivity index (χ4n) is 3.43. The molecule has 144 valence electrons. The molecule has 8 heteroatoms. The lowest BCUT2D eigenvalue weighted by Gasteiger charge is -2.34. The van der Waals surface area contributed by atoms with E-state index in [0.29, 0.717) is 11.4 Å². The van der Waals surface area contributed by atoms with Crippen LogP contribution in [-0.4, -0.2) is 39.6 Å². The lowest BCUT2D eigenvalue weighted by Crippen LogP contribution is -2.32. The van der Waals surface area contributed by atoms with E-state index in [2.05, 4.69) is 0 Å². The summed E-state index contributed by atoms with van der Waals surface area (Å²) < 4.78 is 24.7. The molecule has 0 atom stereocenters. The summed E-state index contributed by atoms with van der Waals surface area (Å²) in [7, 11) is -2.38. The first kappa shape index (κ1) is 19.2. The Hall–Kier alpha value is -2.58. The van der Waals surface area contributed by atoms with Crippen LogP contribution in [0.5, 0.6) is 0 Å². The van der Waals surface area contributed by atoms with Crippen LogP contribution in [0.1, 0.15) is 29.6 Å². The van der Waals surface area contributed by atoms with Gasteiger partial charge in [-0.25, -0.2) is 18.4 Å². The van der Waals surface area contributed by atoms with Crippen molar-refractivity contribution in [2.24, 2.45) is 5.14 Å². The highest BCUT2D eigenvalue weighted by molar-refractivity contribution is 7.89. The van der Waals surface area contributed by atoms with Gasteiger partial charge < -0.3 is 14.9 Å². The molecule has 7 nitrogen and oxygen atoms in total. The number of benzene rings is 2. The summed E-state index contributed by atoms with van der Waals surface area (Å²) in [6, 6.07) is 12.0. The van der Waals surface area contributed by atoms with Gasteiger partial charge in [0.2, 0.25) is 10.0 Å². The molecule has 1 fully saturated rings. The first-order chi connectivity index (χ1) is 12.8. The number of rotatable bonds is 5. The van der Waals surface area contributed by atoms with Gasteiger partial charge >= 0.3 is 5.97 Å². The Bertz CT molecular complexity index is 939. The number of primary sulfonamides is 1. The van der Waals surface area contributed by atoms with Gasteiger partial charge in [-0.05, 0) is 43.5 Å². The van der Waals surface area contributed by atoms with Crippen molar-refractivity contribution < 1.29 is 18.3 Å². The van der Waals surface area contributed by atoms with E-state index >= 15 is 0 Å². The normalized spacial score (nSPS) is 14.8. The number of carboxylic acids is 1. The van der Waals surface area contributed by atoms with E-state index in [1.54, 1.807) is 11.9 Å².